The minimum absolute atomic E-state index is 0.143. The van der Waals surface area contributed by atoms with Gasteiger partial charge in [-0.1, -0.05) is 17.7 Å². The van der Waals surface area contributed by atoms with Crippen LogP contribution in [0.2, 0.25) is 5.02 Å². The van der Waals surface area contributed by atoms with Crippen LogP contribution in [0, 0.1) is 0 Å². The molecule has 1 aliphatic rings. The summed E-state index contributed by atoms with van der Waals surface area (Å²) in [5, 5.41) is 0.732. The van der Waals surface area contributed by atoms with Crippen LogP contribution in [0.5, 0.6) is 5.75 Å². The highest BCUT2D eigenvalue weighted by molar-refractivity contribution is 14.1. The molecule has 0 saturated heterocycles. The molecule has 0 fully saturated rings. The van der Waals surface area contributed by atoms with E-state index < -0.39 is 0 Å². The molecular weight excluding hydrogens is 322 g/mol. The molecule has 0 spiro atoms. The maximum atomic E-state index is 5.79. The quantitative estimate of drug-likeness (QED) is 0.731. The third-order valence-electron chi connectivity index (χ3n) is 2.12. The molecule has 1 unspecified atom stereocenters. The van der Waals surface area contributed by atoms with Crippen molar-refractivity contribution in [1.29, 1.82) is 0 Å². The van der Waals surface area contributed by atoms with Crippen molar-refractivity contribution in [1.82, 2.24) is 0 Å². The van der Waals surface area contributed by atoms with Gasteiger partial charge in [0.2, 0.25) is 0 Å². The van der Waals surface area contributed by atoms with Crippen LogP contribution >= 0.6 is 34.2 Å². The summed E-state index contributed by atoms with van der Waals surface area (Å²) in [5.41, 5.74) is 0. The number of allylic oxidation sites excluding steroid dienone is 2. The van der Waals surface area contributed by atoms with Gasteiger partial charge in [0.05, 0.1) is 0 Å². The molecule has 1 aliphatic carbocycles. The maximum absolute atomic E-state index is 5.79. The van der Waals surface area contributed by atoms with Crippen LogP contribution in [0.3, 0.4) is 0 Å². The molecular formula is C12H10ClIO. The molecule has 1 atom stereocenters. The average molecular weight is 333 g/mol. The fourth-order valence-corrected chi connectivity index (χ4v) is 1.94. The Bertz CT molecular complexity index is 395. The zero-order chi connectivity index (χ0) is 10.7. The van der Waals surface area contributed by atoms with Gasteiger partial charge in [0.1, 0.15) is 11.9 Å². The summed E-state index contributed by atoms with van der Waals surface area (Å²) in [4.78, 5) is 0. The Balaban J connectivity index is 1.99. The molecule has 0 bridgehead atoms. The minimum Gasteiger partial charge on any atom is -0.486 e. The van der Waals surface area contributed by atoms with Crippen LogP contribution in [0.4, 0.5) is 0 Å². The first-order valence-corrected chi connectivity index (χ1v) is 6.16. The fourth-order valence-electron chi connectivity index (χ4n) is 1.35. The highest BCUT2D eigenvalue weighted by Gasteiger charge is 2.08. The highest BCUT2D eigenvalue weighted by Crippen LogP contribution is 2.22. The van der Waals surface area contributed by atoms with E-state index in [1.807, 2.05) is 24.3 Å². The van der Waals surface area contributed by atoms with Gasteiger partial charge in [-0.25, -0.2) is 0 Å². The Labute approximate surface area is 108 Å². The van der Waals surface area contributed by atoms with Crippen LogP contribution in [-0.4, -0.2) is 6.10 Å². The lowest BCUT2D eigenvalue weighted by atomic mass is 10.1. The van der Waals surface area contributed by atoms with Gasteiger partial charge in [0.15, 0.2) is 0 Å². The average Bonchev–Trinajstić information content (AvgIpc) is 2.25. The summed E-state index contributed by atoms with van der Waals surface area (Å²) >= 11 is 8.10. The van der Waals surface area contributed by atoms with E-state index in [9.17, 15) is 0 Å². The van der Waals surface area contributed by atoms with Gasteiger partial charge in [-0.3, -0.25) is 0 Å². The predicted octanol–water partition coefficient (Wildman–Crippen LogP) is 4.37. The molecule has 0 radical (unpaired) electrons. The largest absolute Gasteiger partial charge is 0.486 e. The molecule has 1 aromatic carbocycles. The van der Waals surface area contributed by atoms with E-state index in [2.05, 4.69) is 40.8 Å². The first-order chi connectivity index (χ1) is 7.24. The number of benzene rings is 1. The second-order valence-corrected chi connectivity index (χ2v) is 4.98. The van der Waals surface area contributed by atoms with Crippen LogP contribution < -0.4 is 4.74 Å². The van der Waals surface area contributed by atoms with Crippen molar-refractivity contribution >= 4 is 34.2 Å². The fraction of sp³-hybridized carbons (Fsp3) is 0.167. The number of ether oxygens (including phenoxy) is 1. The molecule has 0 heterocycles. The SMILES string of the molecule is Clc1ccc(OC2C=CC(I)=CC2)cc1. The van der Waals surface area contributed by atoms with Crippen LogP contribution in [0.1, 0.15) is 6.42 Å². The van der Waals surface area contributed by atoms with Gasteiger partial charge in [-0.05, 0) is 59.0 Å². The molecule has 0 aromatic heterocycles. The summed E-state index contributed by atoms with van der Waals surface area (Å²) < 4.78 is 7.03. The first-order valence-electron chi connectivity index (χ1n) is 4.70. The summed E-state index contributed by atoms with van der Waals surface area (Å²) in [7, 11) is 0. The van der Waals surface area contributed by atoms with Crippen molar-refractivity contribution in [3.63, 3.8) is 0 Å². The van der Waals surface area contributed by atoms with E-state index in [1.165, 1.54) is 3.58 Å². The van der Waals surface area contributed by atoms with Crippen molar-refractivity contribution in [3.8, 4) is 5.75 Å². The van der Waals surface area contributed by atoms with E-state index in [4.69, 9.17) is 16.3 Å². The smallest absolute Gasteiger partial charge is 0.121 e. The predicted molar refractivity (Wildman–Crippen MR) is 71.7 cm³/mol. The Morgan fingerprint density at radius 1 is 1.27 bits per heavy atom. The summed E-state index contributed by atoms with van der Waals surface area (Å²) in [6, 6.07) is 7.45. The summed E-state index contributed by atoms with van der Waals surface area (Å²) in [5.74, 6) is 0.861. The molecule has 2 rings (SSSR count). The third-order valence-corrected chi connectivity index (χ3v) is 3.17. The van der Waals surface area contributed by atoms with E-state index in [0.29, 0.717) is 0 Å². The zero-order valence-electron chi connectivity index (χ0n) is 7.99. The van der Waals surface area contributed by atoms with Crippen LogP contribution in [-0.2, 0) is 0 Å². The third kappa shape index (κ3) is 3.24. The van der Waals surface area contributed by atoms with E-state index >= 15 is 0 Å². The second kappa shape index (κ2) is 5.03. The monoisotopic (exact) mass is 332 g/mol. The molecule has 3 heteroatoms. The molecule has 15 heavy (non-hydrogen) atoms. The summed E-state index contributed by atoms with van der Waals surface area (Å²) in [6.07, 6.45) is 7.39. The van der Waals surface area contributed by atoms with Gasteiger partial charge in [0, 0.05) is 15.0 Å². The van der Waals surface area contributed by atoms with Gasteiger partial charge < -0.3 is 4.74 Å². The lowest BCUT2D eigenvalue weighted by Gasteiger charge is -2.16. The Hall–Kier alpha value is -0.480. The van der Waals surface area contributed by atoms with Crippen LogP contribution in [0.15, 0.2) is 46.1 Å². The number of hydrogen-bond donors (Lipinski definition) is 0. The van der Waals surface area contributed by atoms with E-state index in [0.717, 1.165) is 17.2 Å². The van der Waals surface area contributed by atoms with E-state index in [-0.39, 0.29) is 6.10 Å². The highest BCUT2D eigenvalue weighted by atomic mass is 127. The van der Waals surface area contributed by atoms with Gasteiger partial charge in [-0.2, -0.15) is 0 Å². The maximum Gasteiger partial charge on any atom is 0.121 e. The van der Waals surface area contributed by atoms with Crippen molar-refractivity contribution in [2.75, 3.05) is 0 Å². The molecule has 0 saturated carbocycles. The molecule has 0 N–H and O–H groups in total. The van der Waals surface area contributed by atoms with Gasteiger partial charge in [-0.15, -0.1) is 0 Å². The lowest BCUT2D eigenvalue weighted by molar-refractivity contribution is 0.251. The lowest BCUT2D eigenvalue weighted by Crippen LogP contribution is -2.14. The second-order valence-electron chi connectivity index (χ2n) is 3.29. The normalized spacial score (nSPS) is 19.9. The van der Waals surface area contributed by atoms with Crippen molar-refractivity contribution in [2.45, 2.75) is 12.5 Å². The number of halogens is 2. The van der Waals surface area contributed by atoms with Gasteiger partial charge in [0.25, 0.3) is 0 Å². The number of rotatable bonds is 2. The standard InChI is InChI=1S/C12H10ClIO/c13-9-1-5-11(6-2-9)15-12-7-3-10(14)4-8-12/h1-7,12H,8H2. The molecule has 78 valence electrons. The van der Waals surface area contributed by atoms with Crippen molar-refractivity contribution < 1.29 is 4.74 Å². The van der Waals surface area contributed by atoms with E-state index in [1.54, 1.807) is 0 Å². The molecule has 0 amide bonds. The number of hydrogen-bond acceptors (Lipinski definition) is 1. The van der Waals surface area contributed by atoms with Crippen molar-refractivity contribution in [3.05, 3.63) is 51.1 Å². The zero-order valence-corrected chi connectivity index (χ0v) is 10.9. The molecule has 1 aromatic rings. The summed E-state index contributed by atoms with van der Waals surface area (Å²) in [6.45, 7) is 0. The molecule has 1 nitrogen and oxygen atoms in total. The minimum atomic E-state index is 0.143. The van der Waals surface area contributed by atoms with Gasteiger partial charge >= 0.3 is 0 Å². The first kappa shape index (κ1) is 11.0. The van der Waals surface area contributed by atoms with Crippen LogP contribution in [0.25, 0.3) is 0 Å². The Morgan fingerprint density at radius 2 is 2.00 bits per heavy atom. The Morgan fingerprint density at radius 3 is 2.60 bits per heavy atom. The Kier molecular flexibility index (Phi) is 3.70. The molecule has 0 aliphatic heterocycles. The topological polar surface area (TPSA) is 9.23 Å². The van der Waals surface area contributed by atoms with Crippen molar-refractivity contribution in [2.24, 2.45) is 0 Å².